The van der Waals surface area contributed by atoms with Crippen LogP contribution in [0.15, 0.2) is 43.0 Å². The molecule has 2 aliphatic rings. The standard InChI is InChI=1S/C17H22O5/c1-4-12(18)13-14-15(22-17(2,3)21-14)16(20-13)19-10-11-8-6-5-7-9-11/h4-9,12-16,18H,1,10H2,2-3H3/t12-,13-,14-,15+,16-/m0/s1. The van der Waals surface area contributed by atoms with Crippen LogP contribution in [0.3, 0.4) is 0 Å². The van der Waals surface area contributed by atoms with Gasteiger partial charge in [-0.2, -0.15) is 0 Å². The van der Waals surface area contributed by atoms with Crippen molar-refractivity contribution in [3.63, 3.8) is 0 Å². The van der Waals surface area contributed by atoms with Crippen LogP contribution in [-0.4, -0.2) is 41.6 Å². The van der Waals surface area contributed by atoms with E-state index in [4.69, 9.17) is 18.9 Å². The van der Waals surface area contributed by atoms with E-state index in [0.29, 0.717) is 6.61 Å². The number of ether oxygens (including phenoxy) is 4. The Kier molecular flexibility index (Phi) is 4.34. The number of fused-ring (bicyclic) bond motifs is 1. The smallest absolute Gasteiger partial charge is 0.187 e. The molecule has 5 atom stereocenters. The van der Waals surface area contributed by atoms with Gasteiger partial charge in [-0.05, 0) is 19.4 Å². The molecule has 1 aromatic carbocycles. The molecule has 0 saturated carbocycles. The third kappa shape index (κ3) is 3.09. The van der Waals surface area contributed by atoms with Crippen molar-refractivity contribution in [3.05, 3.63) is 48.6 Å². The number of rotatable bonds is 5. The summed E-state index contributed by atoms with van der Waals surface area (Å²) in [6.45, 7) is 7.71. The summed E-state index contributed by atoms with van der Waals surface area (Å²) in [6.07, 6.45) is -1.23. The van der Waals surface area contributed by atoms with Gasteiger partial charge in [-0.15, -0.1) is 6.58 Å². The summed E-state index contributed by atoms with van der Waals surface area (Å²) in [5.41, 5.74) is 1.05. The zero-order valence-electron chi connectivity index (χ0n) is 12.8. The summed E-state index contributed by atoms with van der Waals surface area (Å²) in [7, 11) is 0. The number of benzene rings is 1. The second-order valence-electron chi connectivity index (χ2n) is 6.06. The molecule has 1 aromatic rings. The Morgan fingerprint density at radius 2 is 1.95 bits per heavy atom. The van der Waals surface area contributed by atoms with Crippen molar-refractivity contribution < 1.29 is 24.1 Å². The van der Waals surface area contributed by atoms with Gasteiger partial charge < -0.3 is 24.1 Å². The summed E-state index contributed by atoms with van der Waals surface area (Å²) >= 11 is 0. The Hall–Kier alpha value is -1.24. The summed E-state index contributed by atoms with van der Waals surface area (Å²) < 4.78 is 23.4. The van der Waals surface area contributed by atoms with Crippen LogP contribution in [-0.2, 0) is 25.6 Å². The van der Waals surface area contributed by atoms with Crippen molar-refractivity contribution in [2.75, 3.05) is 0 Å². The molecule has 5 heteroatoms. The van der Waals surface area contributed by atoms with Crippen LogP contribution in [0, 0.1) is 0 Å². The maximum Gasteiger partial charge on any atom is 0.187 e. The lowest BCUT2D eigenvalue weighted by molar-refractivity contribution is -0.243. The molecule has 1 N–H and O–H groups in total. The molecule has 120 valence electrons. The van der Waals surface area contributed by atoms with Gasteiger partial charge in [0.25, 0.3) is 0 Å². The predicted octanol–water partition coefficient (Wildman–Crippen LogP) is 2.00. The fraction of sp³-hybridized carbons (Fsp3) is 0.529. The van der Waals surface area contributed by atoms with Crippen LogP contribution in [0.2, 0.25) is 0 Å². The molecule has 22 heavy (non-hydrogen) atoms. The van der Waals surface area contributed by atoms with Gasteiger partial charge in [0.1, 0.15) is 24.4 Å². The van der Waals surface area contributed by atoms with E-state index < -0.39 is 24.3 Å². The summed E-state index contributed by atoms with van der Waals surface area (Å²) in [6, 6.07) is 9.84. The van der Waals surface area contributed by atoms with E-state index in [9.17, 15) is 5.11 Å². The molecule has 2 heterocycles. The molecular weight excluding hydrogens is 284 g/mol. The van der Waals surface area contributed by atoms with Gasteiger partial charge in [0.05, 0.1) is 6.61 Å². The van der Waals surface area contributed by atoms with Crippen molar-refractivity contribution in [1.29, 1.82) is 0 Å². The zero-order valence-corrected chi connectivity index (χ0v) is 12.8. The van der Waals surface area contributed by atoms with Gasteiger partial charge in [-0.3, -0.25) is 0 Å². The monoisotopic (exact) mass is 306 g/mol. The first-order chi connectivity index (χ1) is 10.5. The van der Waals surface area contributed by atoms with E-state index in [1.54, 1.807) is 0 Å². The molecule has 0 amide bonds. The van der Waals surface area contributed by atoms with E-state index in [1.807, 2.05) is 44.2 Å². The average molecular weight is 306 g/mol. The highest BCUT2D eigenvalue weighted by Gasteiger charge is 2.57. The van der Waals surface area contributed by atoms with Crippen LogP contribution in [0.5, 0.6) is 0 Å². The molecule has 0 bridgehead atoms. The Bertz CT molecular complexity index is 515. The zero-order chi connectivity index (χ0) is 15.7. The van der Waals surface area contributed by atoms with Gasteiger partial charge in [-0.1, -0.05) is 36.4 Å². The molecule has 0 aromatic heterocycles. The Balaban J connectivity index is 1.70. The molecule has 0 radical (unpaired) electrons. The molecular formula is C17H22O5. The van der Waals surface area contributed by atoms with Gasteiger partial charge in [0.2, 0.25) is 0 Å². The Morgan fingerprint density at radius 1 is 1.27 bits per heavy atom. The molecule has 2 saturated heterocycles. The Morgan fingerprint density at radius 3 is 2.64 bits per heavy atom. The number of aliphatic hydroxyl groups is 1. The van der Waals surface area contributed by atoms with E-state index in [-0.39, 0.29) is 12.2 Å². The fourth-order valence-electron chi connectivity index (χ4n) is 2.89. The van der Waals surface area contributed by atoms with Crippen LogP contribution in [0.1, 0.15) is 19.4 Å². The summed E-state index contributed by atoms with van der Waals surface area (Å²) in [5, 5.41) is 10.0. The minimum atomic E-state index is -0.824. The summed E-state index contributed by atoms with van der Waals surface area (Å²) in [5.74, 6) is -0.716. The largest absolute Gasteiger partial charge is 0.386 e. The molecule has 0 spiro atoms. The molecule has 0 unspecified atom stereocenters. The SMILES string of the molecule is C=C[C@H](O)[C@@H]1O[C@H](OCc2ccccc2)[C@@H]2OC(C)(C)O[C@@H]12. The van der Waals surface area contributed by atoms with Gasteiger partial charge >= 0.3 is 0 Å². The molecule has 5 nitrogen and oxygen atoms in total. The van der Waals surface area contributed by atoms with Crippen molar-refractivity contribution >= 4 is 0 Å². The first kappa shape index (κ1) is 15.6. The lowest BCUT2D eigenvalue weighted by atomic mass is 10.1. The number of hydrogen-bond acceptors (Lipinski definition) is 5. The first-order valence-electron chi connectivity index (χ1n) is 7.47. The van der Waals surface area contributed by atoms with Crippen LogP contribution < -0.4 is 0 Å². The third-order valence-electron chi connectivity index (χ3n) is 3.88. The number of hydrogen-bond donors (Lipinski definition) is 1. The minimum absolute atomic E-state index is 0.363. The van der Waals surface area contributed by atoms with E-state index in [0.717, 1.165) is 5.56 Å². The lowest BCUT2D eigenvalue weighted by Crippen LogP contribution is -2.37. The first-order valence-corrected chi connectivity index (χ1v) is 7.47. The van der Waals surface area contributed by atoms with E-state index >= 15 is 0 Å². The average Bonchev–Trinajstić information content (AvgIpc) is 2.99. The molecule has 2 fully saturated rings. The minimum Gasteiger partial charge on any atom is -0.386 e. The fourth-order valence-corrected chi connectivity index (χ4v) is 2.89. The lowest BCUT2D eigenvalue weighted by Gasteiger charge is -2.25. The highest BCUT2D eigenvalue weighted by atomic mass is 16.8. The predicted molar refractivity (Wildman–Crippen MR) is 79.9 cm³/mol. The third-order valence-corrected chi connectivity index (χ3v) is 3.88. The highest BCUT2D eigenvalue weighted by Crippen LogP contribution is 2.40. The van der Waals surface area contributed by atoms with Crippen molar-refractivity contribution in [2.24, 2.45) is 0 Å². The van der Waals surface area contributed by atoms with Gasteiger partial charge in [0, 0.05) is 0 Å². The van der Waals surface area contributed by atoms with Crippen LogP contribution in [0.25, 0.3) is 0 Å². The van der Waals surface area contributed by atoms with Crippen LogP contribution in [0.4, 0.5) is 0 Å². The maximum atomic E-state index is 10.0. The second-order valence-corrected chi connectivity index (χ2v) is 6.06. The molecule has 0 aliphatic carbocycles. The molecule has 3 rings (SSSR count). The summed E-state index contributed by atoms with van der Waals surface area (Å²) in [4.78, 5) is 0. The molecule has 2 aliphatic heterocycles. The number of aliphatic hydroxyl groups excluding tert-OH is 1. The van der Waals surface area contributed by atoms with Crippen molar-refractivity contribution in [2.45, 2.75) is 56.9 Å². The normalized spacial score (nSPS) is 34.3. The van der Waals surface area contributed by atoms with Crippen LogP contribution >= 0.6 is 0 Å². The van der Waals surface area contributed by atoms with Crippen molar-refractivity contribution in [1.82, 2.24) is 0 Å². The quantitative estimate of drug-likeness (QED) is 0.843. The maximum absolute atomic E-state index is 10.0. The Labute approximate surface area is 130 Å². The second kappa shape index (κ2) is 6.10. The van der Waals surface area contributed by atoms with Crippen molar-refractivity contribution in [3.8, 4) is 0 Å². The highest BCUT2D eigenvalue weighted by molar-refractivity contribution is 5.13. The topological polar surface area (TPSA) is 57.2 Å². The van der Waals surface area contributed by atoms with Gasteiger partial charge in [-0.25, -0.2) is 0 Å². The van der Waals surface area contributed by atoms with E-state index in [1.165, 1.54) is 6.08 Å². The van der Waals surface area contributed by atoms with Gasteiger partial charge in [0.15, 0.2) is 12.1 Å². The van der Waals surface area contributed by atoms with E-state index in [2.05, 4.69) is 6.58 Å².